The van der Waals surface area contributed by atoms with Gasteiger partial charge in [-0.25, -0.2) is 0 Å². The summed E-state index contributed by atoms with van der Waals surface area (Å²) in [6, 6.07) is 9.70. The molecule has 2 saturated heterocycles. The number of nitrogens with zero attached hydrogens (tertiary/aromatic N) is 1. The predicted molar refractivity (Wildman–Crippen MR) is 127 cm³/mol. The van der Waals surface area contributed by atoms with Crippen molar-refractivity contribution in [2.75, 3.05) is 26.1 Å². The zero-order valence-electron chi connectivity index (χ0n) is 19.5. The number of hydrogen-bond donors (Lipinski definition) is 3. The maximum Gasteiger partial charge on any atom is 0.250 e. The molecular formula is C25H26ClN3O6. The molecule has 184 valence electrons. The third-order valence-electron chi connectivity index (χ3n) is 7.32. The molecule has 1 spiro atoms. The number of nitrogens with one attached hydrogen (secondary N) is 2. The van der Waals surface area contributed by atoms with Crippen molar-refractivity contribution in [3.8, 4) is 11.5 Å². The summed E-state index contributed by atoms with van der Waals surface area (Å²) in [5, 5.41) is 16.8. The van der Waals surface area contributed by atoms with Crippen LogP contribution in [0.25, 0.3) is 0 Å². The molecule has 3 aliphatic rings. The van der Waals surface area contributed by atoms with Gasteiger partial charge in [0.2, 0.25) is 17.7 Å². The Hall–Kier alpha value is -3.14. The highest BCUT2D eigenvalue weighted by molar-refractivity contribution is 6.35. The number of ether oxygens (including phenoxy) is 2. The molecule has 2 aromatic rings. The van der Waals surface area contributed by atoms with Crippen molar-refractivity contribution < 1.29 is 29.0 Å². The van der Waals surface area contributed by atoms with Gasteiger partial charge in [0.05, 0.1) is 42.9 Å². The molecule has 2 aromatic carbocycles. The number of hydrogen-bond acceptors (Lipinski definition) is 7. The number of fused-ring (bicyclic) bond motifs is 4. The van der Waals surface area contributed by atoms with Crippen molar-refractivity contribution in [2.24, 2.45) is 11.8 Å². The van der Waals surface area contributed by atoms with Crippen molar-refractivity contribution in [3.63, 3.8) is 0 Å². The average Bonchev–Trinajstić information content (AvgIpc) is 3.43. The Morgan fingerprint density at radius 1 is 1.11 bits per heavy atom. The van der Waals surface area contributed by atoms with E-state index >= 15 is 0 Å². The monoisotopic (exact) mass is 499 g/mol. The summed E-state index contributed by atoms with van der Waals surface area (Å²) >= 11 is 6.32. The molecule has 0 bridgehead atoms. The molecule has 3 aliphatic heterocycles. The minimum Gasteiger partial charge on any atom is -0.493 e. The van der Waals surface area contributed by atoms with Gasteiger partial charge < -0.3 is 19.9 Å². The van der Waals surface area contributed by atoms with Gasteiger partial charge >= 0.3 is 0 Å². The molecule has 2 fully saturated rings. The topological polar surface area (TPSA) is 117 Å². The number of para-hydroxylation sites is 1. The smallest absolute Gasteiger partial charge is 0.250 e. The summed E-state index contributed by atoms with van der Waals surface area (Å²) < 4.78 is 10.6. The first-order valence-electron chi connectivity index (χ1n) is 11.4. The minimum absolute atomic E-state index is 0.132. The molecule has 0 radical (unpaired) electrons. The third kappa shape index (κ3) is 3.33. The average molecular weight is 500 g/mol. The lowest BCUT2D eigenvalue weighted by Gasteiger charge is -2.30. The maximum absolute atomic E-state index is 13.7. The van der Waals surface area contributed by atoms with Crippen molar-refractivity contribution in [2.45, 2.75) is 31.0 Å². The normalized spacial score (nSPS) is 27.7. The van der Waals surface area contributed by atoms with Gasteiger partial charge in [0.15, 0.2) is 11.5 Å². The first-order chi connectivity index (χ1) is 16.7. The Kier molecular flexibility index (Phi) is 5.74. The van der Waals surface area contributed by atoms with E-state index < -0.39 is 47.2 Å². The number of carbonyl (C=O) groups excluding carboxylic acids is 3. The lowest BCUT2D eigenvalue weighted by molar-refractivity contribution is -0.143. The van der Waals surface area contributed by atoms with E-state index in [1.54, 1.807) is 44.4 Å². The van der Waals surface area contributed by atoms with Gasteiger partial charge in [0.1, 0.15) is 5.54 Å². The number of anilines is 1. The van der Waals surface area contributed by atoms with Crippen molar-refractivity contribution >= 4 is 35.0 Å². The number of aliphatic hydroxyl groups is 1. The number of halogens is 1. The van der Waals surface area contributed by atoms with E-state index in [-0.39, 0.29) is 6.54 Å². The molecule has 9 nitrogen and oxygen atoms in total. The molecule has 3 heterocycles. The van der Waals surface area contributed by atoms with Crippen molar-refractivity contribution in [1.29, 1.82) is 0 Å². The molecule has 3 N–H and O–H groups in total. The molecule has 10 heteroatoms. The fraction of sp³-hybridized carbons (Fsp3) is 0.400. The van der Waals surface area contributed by atoms with Crippen LogP contribution in [0.4, 0.5) is 5.69 Å². The molecule has 0 aliphatic carbocycles. The molecule has 0 aromatic heterocycles. The Balaban J connectivity index is 1.49. The lowest BCUT2D eigenvalue weighted by atomic mass is 9.76. The fourth-order valence-corrected chi connectivity index (χ4v) is 5.92. The van der Waals surface area contributed by atoms with Crippen LogP contribution in [0.15, 0.2) is 36.4 Å². The number of aliphatic hydroxyl groups excluding tert-OH is 1. The first kappa shape index (κ1) is 23.6. The summed E-state index contributed by atoms with van der Waals surface area (Å²) in [6.45, 7) is 1.68. The van der Waals surface area contributed by atoms with Crippen LogP contribution >= 0.6 is 11.6 Å². The summed E-state index contributed by atoms with van der Waals surface area (Å²) in [6.07, 6.45) is -0.577. The highest BCUT2D eigenvalue weighted by Crippen LogP contribution is 2.54. The number of rotatable bonds is 6. The number of carbonyl (C=O) groups is 3. The maximum atomic E-state index is 13.7. The molecule has 35 heavy (non-hydrogen) atoms. The van der Waals surface area contributed by atoms with Crippen molar-refractivity contribution in [3.05, 3.63) is 52.5 Å². The quantitative estimate of drug-likeness (QED) is 0.518. The third-order valence-corrected chi connectivity index (χ3v) is 7.63. The van der Waals surface area contributed by atoms with E-state index in [4.69, 9.17) is 21.1 Å². The largest absolute Gasteiger partial charge is 0.493 e. The molecule has 3 amide bonds. The number of imide groups is 1. The van der Waals surface area contributed by atoms with E-state index in [0.29, 0.717) is 34.2 Å². The van der Waals surface area contributed by atoms with Crippen LogP contribution in [0, 0.1) is 11.8 Å². The van der Waals surface area contributed by atoms with E-state index in [1.165, 1.54) is 12.0 Å². The number of benzene rings is 2. The summed E-state index contributed by atoms with van der Waals surface area (Å²) in [7, 11) is 3.08. The van der Waals surface area contributed by atoms with Gasteiger partial charge in [0.25, 0.3) is 0 Å². The van der Waals surface area contributed by atoms with Gasteiger partial charge in [-0.1, -0.05) is 29.8 Å². The van der Waals surface area contributed by atoms with E-state index in [2.05, 4.69) is 10.6 Å². The molecule has 3 unspecified atom stereocenters. The van der Waals surface area contributed by atoms with Crippen LogP contribution in [0.2, 0.25) is 5.02 Å². The van der Waals surface area contributed by atoms with Crippen molar-refractivity contribution in [1.82, 2.24) is 10.2 Å². The second kappa shape index (κ2) is 8.51. The van der Waals surface area contributed by atoms with E-state index in [1.807, 2.05) is 6.07 Å². The van der Waals surface area contributed by atoms with Crippen LogP contribution in [0.1, 0.15) is 18.1 Å². The molecular weight excluding hydrogens is 474 g/mol. The molecule has 5 rings (SSSR count). The Bertz CT molecular complexity index is 1230. The van der Waals surface area contributed by atoms with Crippen LogP contribution in [-0.4, -0.2) is 60.6 Å². The lowest BCUT2D eigenvalue weighted by Crippen LogP contribution is -2.54. The highest BCUT2D eigenvalue weighted by Gasteiger charge is 2.71. The number of amides is 3. The first-order valence-corrected chi connectivity index (χ1v) is 11.7. The second-order valence-corrected chi connectivity index (χ2v) is 9.51. The van der Waals surface area contributed by atoms with Crippen LogP contribution in [0.3, 0.4) is 0 Å². The Morgan fingerprint density at radius 2 is 1.86 bits per heavy atom. The predicted octanol–water partition coefficient (Wildman–Crippen LogP) is 1.70. The van der Waals surface area contributed by atoms with Gasteiger partial charge in [0, 0.05) is 18.2 Å². The van der Waals surface area contributed by atoms with Gasteiger partial charge in [-0.05, 0) is 37.1 Å². The van der Waals surface area contributed by atoms with E-state index in [0.717, 1.165) is 5.56 Å². The Labute approximate surface area is 207 Å². The summed E-state index contributed by atoms with van der Waals surface area (Å²) in [4.78, 5) is 41.8. The van der Waals surface area contributed by atoms with Gasteiger partial charge in [-0.2, -0.15) is 0 Å². The van der Waals surface area contributed by atoms with Crippen LogP contribution < -0.4 is 20.1 Å². The Morgan fingerprint density at radius 3 is 2.54 bits per heavy atom. The zero-order chi connectivity index (χ0) is 25.1. The van der Waals surface area contributed by atoms with Gasteiger partial charge in [-0.3, -0.25) is 24.6 Å². The molecule has 5 atom stereocenters. The fourth-order valence-electron chi connectivity index (χ4n) is 5.69. The minimum atomic E-state index is -1.49. The zero-order valence-corrected chi connectivity index (χ0v) is 20.3. The molecule has 0 saturated carbocycles. The number of methoxy groups -OCH3 is 2. The standard InChI is InChI=1S/C25H26ClN3O6/c1-12(30)20-18-19(25(28-20)14-5-4-6-15(26)21(14)27-24(25)33)23(32)29(22(18)31)10-9-13-7-8-16(34-2)17(11-13)35-3/h4-8,11-12,18-20,28,30H,9-10H2,1-3H3,(H,27,33)/t12?,18-,19-,20?,25?/m1/s1. The SMILES string of the molecule is COc1ccc(CCN2C(=O)[C@H]3C(C(C)O)NC4(C(=O)Nc5c(Cl)cccc54)[C@H]3C2=O)cc1OC. The summed E-state index contributed by atoms with van der Waals surface area (Å²) in [5.74, 6) is -2.06. The second-order valence-electron chi connectivity index (χ2n) is 9.11. The number of likely N-dealkylation sites (tertiary alicyclic amines) is 1. The van der Waals surface area contributed by atoms with E-state index in [9.17, 15) is 19.5 Å². The highest BCUT2D eigenvalue weighted by atomic mass is 35.5. The van der Waals surface area contributed by atoms with Gasteiger partial charge in [-0.15, -0.1) is 0 Å². The van der Waals surface area contributed by atoms with Crippen LogP contribution in [-0.2, 0) is 26.3 Å². The summed E-state index contributed by atoms with van der Waals surface area (Å²) in [5.41, 5.74) is 0.296. The van der Waals surface area contributed by atoms with Crippen LogP contribution in [0.5, 0.6) is 11.5 Å².